The predicted molar refractivity (Wildman–Crippen MR) is 325 cm³/mol. The Bertz CT molecular complexity index is 1690. The third-order valence-corrected chi connectivity index (χ3v) is 15.0. The normalized spacial score (nSPS) is 11.7. The van der Waals surface area contributed by atoms with Crippen LogP contribution in [0.15, 0.2) is 58.5 Å². The molecule has 0 bridgehead atoms. The highest BCUT2D eigenvalue weighted by Gasteiger charge is 2.13. The van der Waals surface area contributed by atoms with Gasteiger partial charge in [0, 0.05) is 25.7 Å². The molecule has 2 aromatic rings. The molecule has 0 amide bonds. The fourth-order valence-corrected chi connectivity index (χ4v) is 10.2. The Kier molecular flexibility index (Phi) is 46.4. The topological polar surface area (TPSA) is 24.7 Å². The van der Waals surface area contributed by atoms with Crippen molar-refractivity contribution in [3.63, 3.8) is 0 Å². The van der Waals surface area contributed by atoms with Crippen LogP contribution in [0.3, 0.4) is 0 Å². The van der Waals surface area contributed by atoms with Crippen LogP contribution in [0.25, 0.3) is 0 Å². The van der Waals surface area contributed by atoms with Crippen molar-refractivity contribution < 1.29 is 0 Å². The molecular formula is C70H116N2. The quantitative estimate of drug-likeness (QED) is 0.0359. The second kappa shape index (κ2) is 51.4. The predicted octanol–water partition coefficient (Wildman–Crippen LogP) is 23.6. The van der Waals surface area contributed by atoms with Crippen molar-refractivity contribution in [3.05, 3.63) is 59.7 Å². The summed E-state index contributed by atoms with van der Waals surface area (Å²) in [6.07, 6.45) is 62.7. The van der Waals surface area contributed by atoms with Crippen LogP contribution in [0.1, 0.15) is 334 Å². The molecular weight excluding hydrogens is 869 g/mol. The first-order valence-corrected chi connectivity index (χ1v) is 32.0. The molecule has 2 heteroatoms. The summed E-state index contributed by atoms with van der Waals surface area (Å²) in [6, 6.07) is 17.7. The second-order valence-corrected chi connectivity index (χ2v) is 21.8. The number of unbranched alkanes of at least 4 members (excludes halogenated alkanes) is 38. The number of hydrogen-bond acceptors (Lipinski definition) is 2. The van der Waals surface area contributed by atoms with E-state index < -0.39 is 0 Å². The van der Waals surface area contributed by atoms with Gasteiger partial charge < -0.3 is 0 Å². The third-order valence-electron chi connectivity index (χ3n) is 15.0. The molecule has 0 fully saturated rings. The van der Waals surface area contributed by atoms with Crippen LogP contribution >= 0.6 is 0 Å². The van der Waals surface area contributed by atoms with Gasteiger partial charge in [-0.1, -0.05) is 295 Å². The number of rotatable bonds is 49. The van der Waals surface area contributed by atoms with Gasteiger partial charge in [0.15, 0.2) is 0 Å². The molecule has 0 N–H and O–H groups in total. The zero-order chi connectivity index (χ0) is 51.3. The minimum Gasteiger partial charge on any atom is -0.251 e. The molecule has 0 aliphatic rings. The van der Waals surface area contributed by atoms with Gasteiger partial charge in [-0.15, -0.1) is 23.7 Å². The third kappa shape index (κ3) is 38.5. The zero-order valence-electron chi connectivity index (χ0n) is 48.5. The average molecular weight is 986 g/mol. The van der Waals surface area contributed by atoms with Crippen molar-refractivity contribution in [1.82, 2.24) is 0 Å². The monoisotopic (exact) mass is 985 g/mol. The van der Waals surface area contributed by atoms with E-state index in [4.69, 9.17) is 9.98 Å². The molecule has 0 radical (unpaired) electrons. The first-order valence-electron chi connectivity index (χ1n) is 32.0. The largest absolute Gasteiger partial charge is 0.251 e. The van der Waals surface area contributed by atoms with Gasteiger partial charge in [0.05, 0.1) is 22.8 Å². The summed E-state index contributed by atoms with van der Waals surface area (Å²) in [5, 5.41) is 0. The highest BCUT2D eigenvalue weighted by molar-refractivity contribution is 6.43. The standard InChI is InChI=1S/C70H116N2/c1-5-9-13-16-19-21-23-25-27-29-31-33-35-37-39-41-43-45-47-50-57-65-59-53-55-62-67(65)71-69(61-12-8-4)70(64-52-49-18-15-11-7-3)72-68-63-56-54-60-66(68)58-51-48-46-44-42-40-38-36-34-32-30-28-26-24-22-20-17-14-10-6-2/h53-56,59-60,62-63H,5-44,49-52,57-58,61,64H2,1-4H3. The summed E-state index contributed by atoms with van der Waals surface area (Å²) in [7, 11) is 0. The van der Waals surface area contributed by atoms with Crippen LogP contribution in [0.5, 0.6) is 0 Å². The van der Waals surface area contributed by atoms with Crippen molar-refractivity contribution >= 4 is 22.8 Å². The number of para-hydroxylation sites is 2. The highest BCUT2D eigenvalue weighted by Crippen LogP contribution is 2.26. The Morgan fingerprint density at radius 1 is 0.278 bits per heavy atom. The highest BCUT2D eigenvalue weighted by atomic mass is 14.8. The molecule has 0 spiro atoms. The molecule has 0 aromatic heterocycles. The lowest BCUT2D eigenvalue weighted by molar-refractivity contribution is 0.530. The second-order valence-electron chi connectivity index (χ2n) is 21.8. The van der Waals surface area contributed by atoms with Gasteiger partial charge in [-0.3, -0.25) is 9.98 Å². The Morgan fingerprint density at radius 3 is 0.847 bits per heavy atom. The maximum Gasteiger partial charge on any atom is 0.0666 e. The van der Waals surface area contributed by atoms with E-state index in [0.29, 0.717) is 0 Å². The maximum absolute atomic E-state index is 5.55. The molecule has 0 atom stereocenters. The van der Waals surface area contributed by atoms with E-state index in [9.17, 15) is 0 Å². The lowest BCUT2D eigenvalue weighted by Crippen LogP contribution is -2.15. The van der Waals surface area contributed by atoms with Gasteiger partial charge >= 0.3 is 0 Å². The van der Waals surface area contributed by atoms with Gasteiger partial charge in [0.1, 0.15) is 0 Å². The van der Waals surface area contributed by atoms with E-state index in [1.807, 2.05) is 0 Å². The Hall–Kier alpha value is -3.10. The van der Waals surface area contributed by atoms with Gasteiger partial charge in [0.25, 0.3) is 0 Å². The zero-order valence-corrected chi connectivity index (χ0v) is 48.5. The molecule has 72 heavy (non-hydrogen) atoms. The van der Waals surface area contributed by atoms with Crippen molar-refractivity contribution in [2.75, 3.05) is 0 Å². The van der Waals surface area contributed by atoms with E-state index in [1.165, 1.54) is 260 Å². The van der Waals surface area contributed by atoms with Crippen LogP contribution in [0, 0.1) is 23.7 Å². The minimum absolute atomic E-state index is 0.893. The van der Waals surface area contributed by atoms with E-state index in [2.05, 4.69) is 99.9 Å². The number of benzene rings is 2. The summed E-state index contributed by atoms with van der Waals surface area (Å²) < 4.78 is 0. The molecule has 2 nitrogen and oxygen atoms in total. The first-order chi connectivity index (χ1) is 35.7. The van der Waals surface area contributed by atoms with E-state index in [0.717, 1.165) is 82.0 Å². The van der Waals surface area contributed by atoms with Crippen LogP contribution < -0.4 is 0 Å². The molecule has 2 rings (SSSR count). The summed E-state index contributed by atoms with van der Waals surface area (Å²) in [5.41, 5.74) is 7.20. The molecule has 0 aliphatic carbocycles. The summed E-state index contributed by atoms with van der Waals surface area (Å²) in [4.78, 5) is 11.1. The first kappa shape index (κ1) is 65.0. The van der Waals surface area contributed by atoms with Gasteiger partial charge in [-0.25, -0.2) is 0 Å². The number of nitrogens with zero attached hydrogens (tertiary/aromatic N) is 2. The number of hydrogen-bond donors (Lipinski definition) is 0. The number of aryl methyl sites for hydroxylation is 2. The Morgan fingerprint density at radius 2 is 0.528 bits per heavy atom. The SMILES string of the molecule is CCCCCCCCCCCCCCCCCCC#CCCc1ccccc1N=C(CCCC)C(CCCCCCCC)=Nc1ccccc1CCC#CCCCCCCCCCCCCCCCCCC. The molecule has 2 aromatic carbocycles. The fraction of sp³-hybridized carbons (Fsp3) is 0.743. The van der Waals surface area contributed by atoms with Crippen molar-refractivity contribution in [2.45, 2.75) is 336 Å². The van der Waals surface area contributed by atoms with E-state index in [1.54, 1.807) is 0 Å². The van der Waals surface area contributed by atoms with Crippen molar-refractivity contribution in [1.29, 1.82) is 0 Å². The van der Waals surface area contributed by atoms with Gasteiger partial charge in [-0.05, 0) is 74.6 Å². The van der Waals surface area contributed by atoms with Crippen molar-refractivity contribution in [2.24, 2.45) is 9.98 Å². The summed E-state index contributed by atoms with van der Waals surface area (Å²) >= 11 is 0. The van der Waals surface area contributed by atoms with Gasteiger partial charge in [-0.2, -0.15) is 0 Å². The lowest BCUT2D eigenvalue weighted by Gasteiger charge is -2.14. The average Bonchev–Trinajstić information content (AvgIpc) is 3.40. The summed E-state index contributed by atoms with van der Waals surface area (Å²) in [6.45, 7) is 9.21. The van der Waals surface area contributed by atoms with Crippen molar-refractivity contribution in [3.8, 4) is 23.7 Å². The molecule has 0 saturated heterocycles. The number of aliphatic imine (C=N–C) groups is 2. The molecule has 0 saturated carbocycles. The van der Waals surface area contributed by atoms with E-state index >= 15 is 0 Å². The van der Waals surface area contributed by atoms with Gasteiger partial charge in [0.2, 0.25) is 0 Å². The molecule has 0 unspecified atom stereocenters. The van der Waals surface area contributed by atoms with Crippen LogP contribution in [-0.2, 0) is 12.8 Å². The van der Waals surface area contributed by atoms with Crippen LogP contribution in [-0.4, -0.2) is 11.4 Å². The van der Waals surface area contributed by atoms with Crippen LogP contribution in [0.2, 0.25) is 0 Å². The molecule has 0 aliphatic heterocycles. The fourth-order valence-electron chi connectivity index (χ4n) is 10.2. The van der Waals surface area contributed by atoms with Crippen LogP contribution in [0.4, 0.5) is 11.4 Å². The molecule has 0 heterocycles. The minimum atomic E-state index is 0.893. The smallest absolute Gasteiger partial charge is 0.0666 e. The molecule has 406 valence electrons. The summed E-state index contributed by atoms with van der Waals surface area (Å²) in [5.74, 6) is 14.1. The lowest BCUT2D eigenvalue weighted by atomic mass is 10.00. The Balaban J connectivity index is 1.88. The van der Waals surface area contributed by atoms with E-state index in [-0.39, 0.29) is 0 Å². The Labute approximate surface area is 449 Å². The maximum atomic E-state index is 5.55.